The Balaban J connectivity index is 2.28. The molecule has 1 atom stereocenters. The molecule has 0 amide bonds. The number of H-pyrrole nitrogens is 1. The first-order chi connectivity index (χ1) is 9.85. The van der Waals surface area contributed by atoms with E-state index in [2.05, 4.69) is 14.9 Å². The van der Waals surface area contributed by atoms with Gasteiger partial charge in [0, 0.05) is 12.6 Å². The Kier molecular flexibility index (Phi) is 4.40. The van der Waals surface area contributed by atoms with Crippen LogP contribution in [0.4, 0.5) is 4.39 Å². The van der Waals surface area contributed by atoms with E-state index >= 15 is 0 Å². The highest BCUT2D eigenvalue weighted by atomic mass is 32.2. The summed E-state index contributed by atoms with van der Waals surface area (Å²) in [7, 11) is -3.77. The Morgan fingerprint density at radius 3 is 2.57 bits per heavy atom. The van der Waals surface area contributed by atoms with Crippen LogP contribution in [0.15, 0.2) is 29.2 Å². The van der Waals surface area contributed by atoms with Crippen molar-refractivity contribution in [2.45, 2.75) is 31.3 Å². The molecule has 1 aromatic carbocycles. The van der Waals surface area contributed by atoms with Gasteiger partial charge in [-0.3, -0.25) is 5.10 Å². The van der Waals surface area contributed by atoms with E-state index in [9.17, 15) is 12.8 Å². The Bertz CT molecular complexity index is 725. The molecule has 2 rings (SSSR count). The molecule has 1 unspecified atom stereocenters. The molecule has 0 aliphatic rings. The van der Waals surface area contributed by atoms with E-state index in [1.165, 1.54) is 24.3 Å². The fourth-order valence-electron chi connectivity index (χ4n) is 2.08. The summed E-state index contributed by atoms with van der Waals surface area (Å²) < 4.78 is 40.3. The Labute approximate surface area is 122 Å². The van der Waals surface area contributed by atoms with Crippen molar-refractivity contribution in [3.63, 3.8) is 0 Å². The highest BCUT2D eigenvalue weighted by Gasteiger charge is 2.25. The number of halogens is 1. The van der Waals surface area contributed by atoms with Crippen LogP contribution in [0.25, 0.3) is 0 Å². The van der Waals surface area contributed by atoms with E-state index in [1.807, 2.05) is 0 Å². The first-order valence-corrected chi connectivity index (χ1v) is 7.85. The van der Waals surface area contributed by atoms with E-state index < -0.39 is 16.1 Å². The maximum absolute atomic E-state index is 12.9. The van der Waals surface area contributed by atoms with E-state index in [0.29, 0.717) is 11.3 Å². The molecule has 0 aliphatic carbocycles. The third kappa shape index (κ3) is 3.29. The average molecular weight is 312 g/mol. The lowest BCUT2D eigenvalue weighted by Gasteiger charge is -2.15. The van der Waals surface area contributed by atoms with Crippen molar-refractivity contribution in [2.24, 2.45) is 5.73 Å². The molecule has 4 N–H and O–H groups in total. The molecule has 0 saturated carbocycles. The van der Waals surface area contributed by atoms with Gasteiger partial charge in [0.2, 0.25) is 10.0 Å². The summed E-state index contributed by atoms with van der Waals surface area (Å²) in [5.74, 6) is -0.370. The number of sulfonamides is 1. The predicted octanol–water partition coefficient (Wildman–Crippen LogP) is 1.36. The minimum atomic E-state index is -3.77. The Morgan fingerprint density at radius 1 is 1.38 bits per heavy atom. The monoisotopic (exact) mass is 312 g/mol. The van der Waals surface area contributed by atoms with E-state index in [-0.39, 0.29) is 23.0 Å². The van der Waals surface area contributed by atoms with Gasteiger partial charge in [0.05, 0.1) is 11.4 Å². The second-order valence-corrected chi connectivity index (χ2v) is 6.37. The number of benzene rings is 1. The normalized spacial score (nSPS) is 13.3. The van der Waals surface area contributed by atoms with Crippen molar-refractivity contribution in [3.05, 3.63) is 47.0 Å². The lowest BCUT2D eigenvalue weighted by Crippen LogP contribution is -2.28. The summed E-state index contributed by atoms with van der Waals surface area (Å²) in [6.07, 6.45) is 0. The fraction of sp³-hybridized carbons (Fsp3) is 0.308. The van der Waals surface area contributed by atoms with Gasteiger partial charge < -0.3 is 5.73 Å². The number of rotatable bonds is 5. The lowest BCUT2D eigenvalue weighted by molar-refractivity contribution is 0.564. The summed E-state index contributed by atoms with van der Waals surface area (Å²) >= 11 is 0. The van der Waals surface area contributed by atoms with Gasteiger partial charge in [0.15, 0.2) is 0 Å². The van der Waals surface area contributed by atoms with Crippen molar-refractivity contribution in [2.75, 3.05) is 0 Å². The Morgan fingerprint density at radius 2 is 2.00 bits per heavy atom. The summed E-state index contributed by atoms with van der Waals surface area (Å²) in [5, 5.41) is 6.49. The van der Waals surface area contributed by atoms with Crippen molar-refractivity contribution in [1.82, 2.24) is 14.9 Å². The molecule has 0 spiro atoms. The number of aromatic amines is 1. The molecule has 1 aromatic heterocycles. The van der Waals surface area contributed by atoms with Crippen LogP contribution in [0, 0.1) is 12.7 Å². The van der Waals surface area contributed by atoms with Crippen LogP contribution in [-0.2, 0) is 16.6 Å². The van der Waals surface area contributed by atoms with Gasteiger partial charge in [-0.1, -0.05) is 12.1 Å². The molecule has 0 radical (unpaired) electrons. The lowest BCUT2D eigenvalue weighted by atomic mass is 10.1. The molecule has 0 aliphatic heterocycles. The van der Waals surface area contributed by atoms with E-state index in [4.69, 9.17) is 5.73 Å². The summed E-state index contributed by atoms with van der Waals surface area (Å²) in [5.41, 5.74) is 6.87. The topological polar surface area (TPSA) is 101 Å². The van der Waals surface area contributed by atoms with Gasteiger partial charge in [0.1, 0.15) is 10.7 Å². The number of nitrogens with zero attached hydrogens (tertiary/aromatic N) is 1. The molecule has 2 aromatic rings. The van der Waals surface area contributed by atoms with Crippen molar-refractivity contribution < 1.29 is 12.8 Å². The third-order valence-electron chi connectivity index (χ3n) is 3.13. The van der Waals surface area contributed by atoms with Gasteiger partial charge >= 0.3 is 0 Å². The van der Waals surface area contributed by atoms with Crippen LogP contribution in [-0.4, -0.2) is 18.6 Å². The van der Waals surface area contributed by atoms with Crippen LogP contribution >= 0.6 is 0 Å². The van der Waals surface area contributed by atoms with Gasteiger partial charge in [-0.25, -0.2) is 17.5 Å². The van der Waals surface area contributed by atoms with Crippen molar-refractivity contribution in [1.29, 1.82) is 0 Å². The van der Waals surface area contributed by atoms with Crippen molar-refractivity contribution in [3.8, 4) is 0 Å². The minimum absolute atomic E-state index is 0.0194. The van der Waals surface area contributed by atoms with Gasteiger partial charge in [-0.15, -0.1) is 0 Å². The van der Waals surface area contributed by atoms with Crippen LogP contribution in [0.5, 0.6) is 0 Å². The summed E-state index contributed by atoms with van der Waals surface area (Å²) in [6, 6.07) is 5.14. The number of hydrogen-bond acceptors (Lipinski definition) is 4. The molecule has 1 heterocycles. The molecule has 0 bridgehead atoms. The molecule has 0 saturated heterocycles. The summed E-state index contributed by atoms with van der Waals surface area (Å²) in [4.78, 5) is 0.0685. The van der Waals surface area contributed by atoms with Gasteiger partial charge in [0.25, 0.3) is 0 Å². The van der Waals surface area contributed by atoms with Crippen LogP contribution < -0.4 is 10.5 Å². The predicted molar refractivity (Wildman–Crippen MR) is 76.4 cm³/mol. The van der Waals surface area contributed by atoms with Crippen LogP contribution in [0.2, 0.25) is 0 Å². The molecule has 6 nitrogen and oxygen atoms in total. The maximum atomic E-state index is 12.9. The first kappa shape index (κ1) is 15.6. The molecule has 21 heavy (non-hydrogen) atoms. The van der Waals surface area contributed by atoms with E-state index in [1.54, 1.807) is 13.8 Å². The molecule has 0 fully saturated rings. The quantitative estimate of drug-likeness (QED) is 0.776. The highest BCUT2D eigenvalue weighted by Crippen LogP contribution is 2.21. The van der Waals surface area contributed by atoms with Gasteiger partial charge in [-0.2, -0.15) is 5.10 Å². The molecular weight excluding hydrogens is 295 g/mol. The standard InChI is InChI=1S/C13H17FN4O2S/c1-8(10-3-5-11(14)6-4-10)18-21(19,20)13-9(2)16-17-12(13)7-15/h3-6,8,18H,7,15H2,1-2H3,(H,16,17). The first-order valence-electron chi connectivity index (χ1n) is 6.37. The van der Waals surface area contributed by atoms with Crippen LogP contribution in [0.3, 0.4) is 0 Å². The van der Waals surface area contributed by atoms with E-state index in [0.717, 1.165) is 0 Å². The number of aryl methyl sites for hydroxylation is 1. The zero-order chi connectivity index (χ0) is 15.6. The number of nitrogens with one attached hydrogen (secondary N) is 2. The summed E-state index contributed by atoms with van der Waals surface area (Å²) in [6.45, 7) is 3.32. The largest absolute Gasteiger partial charge is 0.325 e. The molecular formula is C13H17FN4O2S. The number of hydrogen-bond donors (Lipinski definition) is 3. The van der Waals surface area contributed by atoms with Gasteiger partial charge in [-0.05, 0) is 31.5 Å². The zero-order valence-corrected chi connectivity index (χ0v) is 12.5. The molecule has 8 heteroatoms. The minimum Gasteiger partial charge on any atom is -0.325 e. The second-order valence-electron chi connectivity index (χ2n) is 4.72. The maximum Gasteiger partial charge on any atom is 0.244 e. The number of nitrogens with two attached hydrogens (primary N) is 1. The third-order valence-corrected chi connectivity index (χ3v) is 4.87. The average Bonchev–Trinajstić information content (AvgIpc) is 2.80. The second kappa shape index (κ2) is 5.92. The van der Waals surface area contributed by atoms with Crippen LogP contribution in [0.1, 0.15) is 29.9 Å². The fourth-order valence-corrected chi connectivity index (χ4v) is 3.68. The number of aromatic nitrogens is 2. The Hall–Kier alpha value is -1.77. The zero-order valence-electron chi connectivity index (χ0n) is 11.7. The molecule has 114 valence electrons. The smallest absolute Gasteiger partial charge is 0.244 e. The van der Waals surface area contributed by atoms with Crippen molar-refractivity contribution >= 4 is 10.0 Å². The SMILES string of the molecule is Cc1[nH]nc(CN)c1S(=O)(=O)NC(C)c1ccc(F)cc1. The highest BCUT2D eigenvalue weighted by molar-refractivity contribution is 7.89.